The molecule has 0 saturated carbocycles. The number of ether oxygens (including phenoxy) is 1. The van der Waals surface area contributed by atoms with Crippen molar-refractivity contribution in [2.75, 3.05) is 5.32 Å². The van der Waals surface area contributed by atoms with Crippen LogP contribution in [0.3, 0.4) is 0 Å². The standard InChI is InChI=1S/C20H17N3O4/c1-12(18-22-23-19(27-18)13-5-3-2-4-6-13)26-20(25)15-7-9-16-14(11-15)8-10-17(24)21-16/h2-7,9,11-12H,8,10H2,1H3,(H,21,24)/t12-/m1/s1. The second-order valence-corrected chi connectivity index (χ2v) is 6.28. The van der Waals surface area contributed by atoms with Gasteiger partial charge in [-0.1, -0.05) is 18.2 Å². The summed E-state index contributed by atoms with van der Waals surface area (Å²) in [5.74, 6) is 0.101. The van der Waals surface area contributed by atoms with E-state index in [1.165, 1.54) is 0 Å². The number of hydrogen-bond donors (Lipinski definition) is 1. The van der Waals surface area contributed by atoms with Crippen LogP contribution in [0.2, 0.25) is 0 Å². The van der Waals surface area contributed by atoms with E-state index >= 15 is 0 Å². The van der Waals surface area contributed by atoms with Crippen molar-refractivity contribution in [1.82, 2.24) is 10.2 Å². The summed E-state index contributed by atoms with van der Waals surface area (Å²) in [6, 6.07) is 14.5. The molecule has 3 aromatic rings. The molecule has 1 atom stereocenters. The number of aryl methyl sites for hydroxylation is 1. The van der Waals surface area contributed by atoms with Crippen LogP contribution in [0.15, 0.2) is 52.9 Å². The van der Waals surface area contributed by atoms with E-state index in [0.29, 0.717) is 24.3 Å². The van der Waals surface area contributed by atoms with Gasteiger partial charge in [0.05, 0.1) is 5.56 Å². The zero-order valence-corrected chi connectivity index (χ0v) is 14.6. The van der Waals surface area contributed by atoms with E-state index in [0.717, 1.165) is 16.8 Å². The average molecular weight is 363 g/mol. The number of carbonyl (C=O) groups excluding carboxylic acids is 2. The number of nitrogens with one attached hydrogen (secondary N) is 1. The Morgan fingerprint density at radius 2 is 1.96 bits per heavy atom. The van der Waals surface area contributed by atoms with Crippen molar-refractivity contribution >= 4 is 17.6 Å². The van der Waals surface area contributed by atoms with Crippen LogP contribution in [0.4, 0.5) is 5.69 Å². The molecular weight excluding hydrogens is 346 g/mol. The lowest BCUT2D eigenvalue weighted by Gasteiger charge is -2.17. The minimum absolute atomic E-state index is 0.0166. The summed E-state index contributed by atoms with van der Waals surface area (Å²) in [6.07, 6.45) is 0.326. The number of rotatable bonds is 4. The molecule has 1 aromatic heterocycles. The number of esters is 1. The van der Waals surface area contributed by atoms with Gasteiger partial charge >= 0.3 is 5.97 Å². The molecule has 7 nitrogen and oxygen atoms in total. The Morgan fingerprint density at radius 3 is 2.78 bits per heavy atom. The van der Waals surface area contributed by atoms with Crippen LogP contribution < -0.4 is 5.32 Å². The van der Waals surface area contributed by atoms with Crippen LogP contribution in [0.1, 0.15) is 41.3 Å². The van der Waals surface area contributed by atoms with E-state index < -0.39 is 12.1 Å². The number of anilines is 1. The van der Waals surface area contributed by atoms with Crippen LogP contribution in [0.5, 0.6) is 0 Å². The molecule has 136 valence electrons. The van der Waals surface area contributed by atoms with Gasteiger partial charge in [-0.3, -0.25) is 4.79 Å². The molecule has 0 aliphatic carbocycles. The summed E-state index contributed by atoms with van der Waals surface area (Å²) in [5, 5.41) is 10.8. The molecule has 0 radical (unpaired) electrons. The first kappa shape index (κ1) is 17.0. The molecule has 27 heavy (non-hydrogen) atoms. The van der Waals surface area contributed by atoms with Crippen LogP contribution >= 0.6 is 0 Å². The first-order valence-electron chi connectivity index (χ1n) is 8.63. The highest BCUT2D eigenvalue weighted by Gasteiger charge is 2.22. The molecule has 7 heteroatoms. The van der Waals surface area contributed by atoms with Crippen molar-refractivity contribution in [2.24, 2.45) is 0 Å². The quantitative estimate of drug-likeness (QED) is 0.713. The molecule has 0 unspecified atom stereocenters. The Morgan fingerprint density at radius 1 is 1.15 bits per heavy atom. The van der Waals surface area contributed by atoms with E-state index in [9.17, 15) is 9.59 Å². The number of nitrogens with zero attached hydrogens (tertiary/aromatic N) is 2. The summed E-state index contributed by atoms with van der Waals surface area (Å²) in [6.45, 7) is 1.68. The molecule has 0 bridgehead atoms. The molecule has 0 saturated heterocycles. The number of fused-ring (bicyclic) bond motifs is 1. The Labute approximate surface area is 155 Å². The highest BCUT2D eigenvalue weighted by atomic mass is 16.6. The third kappa shape index (κ3) is 3.57. The first-order valence-corrected chi connectivity index (χ1v) is 8.63. The zero-order valence-electron chi connectivity index (χ0n) is 14.6. The third-order valence-corrected chi connectivity index (χ3v) is 4.33. The van der Waals surface area contributed by atoms with Crippen LogP contribution in [0, 0.1) is 0 Å². The van der Waals surface area contributed by atoms with Crippen molar-refractivity contribution in [3.05, 3.63) is 65.5 Å². The van der Waals surface area contributed by atoms with Gasteiger partial charge in [0.2, 0.25) is 11.8 Å². The van der Waals surface area contributed by atoms with Gasteiger partial charge in [0.25, 0.3) is 5.89 Å². The summed E-state index contributed by atoms with van der Waals surface area (Å²) in [5.41, 5.74) is 2.87. The minimum atomic E-state index is -0.682. The molecule has 0 fully saturated rings. The lowest BCUT2D eigenvalue weighted by Crippen LogP contribution is -2.19. The number of hydrogen-bond acceptors (Lipinski definition) is 6. The Hall–Kier alpha value is -3.48. The van der Waals surface area contributed by atoms with E-state index in [1.807, 2.05) is 30.3 Å². The van der Waals surface area contributed by atoms with Crippen molar-refractivity contribution < 1.29 is 18.7 Å². The topological polar surface area (TPSA) is 94.3 Å². The fraction of sp³-hybridized carbons (Fsp3) is 0.200. The monoisotopic (exact) mass is 363 g/mol. The number of benzene rings is 2. The van der Waals surface area contributed by atoms with Gasteiger partial charge in [0.1, 0.15) is 0 Å². The van der Waals surface area contributed by atoms with E-state index in [4.69, 9.17) is 9.15 Å². The van der Waals surface area contributed by atoms with Gasteiger partial charge in [0.15, 0.2) is 6.10 Å². The maximum atomic E-state index is 12.5. The maximum absolute atomic E-state index is 12.5. The fourth-order valence-electron chi connectivity index (χ4n) is 2.89. The largest absolute Gasteiger partial charge is 0.449 e. The van der Waals surface area contributed by atoms with Gasteiger partial charge in [-0.05, 0) is 49.2 Å². The fourth-order valence-corrected chi connectivity index (χ4v) is 2.89. The van der Waals surface area contributed by atoms with Crippen molar-refractivity contribution in [1.29, 1.82) is 0 Å². The Bertz CT molecular complexity index is 997. The van der Waals surface area contributed by atoms with Gasteiger partial charge in [0, 0.05) is 17.7 Å². The van der Waals surface area contributed by atoms with Crippen LogP contribution in [-0.2, 0) is 16.0 Å². The molecule has 4 rings (SSSR count). The second kappa shape index (κ2) is 7.03. The Balaban J connectivity index is 1.47. The highest BCUT2D eigenvalue weighted by molar-refractivity contribution is 5.96. The van der Waals surface area contributed by atoms with Gasteiger partial charge in [-0.15, -0.1) is 10.2 Å². The van der Waals surface area contributed by atoms with Crippen molar-refractivity contribution in [3.63, 3.8) is 0 Å². The number of carbonyl (C=O) groups is 2. The molecule has 1 N–H and O–H groups in total. The van der Waals surface area contributed by atoms with Crippen molar-refractivity contribution in [2.45, 2.75) is 25.9 Å². The third-order valence-electron chi connectivity index (χ3n) is 4.33. The van der Waals surface area contributed by atoms with E-state index in [1.54, 1.807) is 25.1 Å². The summed E-state index contributed by atoms with van der Waals surface area (Å²) in [4.78, 5) is 23.9. The first-order chi connectivity index (χ1) is 13.1. The van der Waals surface area contributed by atoms with Crippen LogP contribution in [0.25, 0.3) is 11.5 Å². The summed E-state index contributed by atoms with van der Waals surface area (Å²) >= 11 is 0. The summed E-state index contributed by atoms with van der Waals surface area (Å²) in [7, 11) is 0. The molecule has 1 aliphatic heterocycles. The van der Waals surface area contributed by atoms with Crippen LogP contribution in [-0.4, -0.2) is 22.1 Å². The number of aromatic nitrogens is 2. The lowest BCUT2D eigenvalue weighted by molar-refractivity contribution is -0.116. The molecular formula is C20H17N3O4. The highest BCUT2D eigenvalue weighted by Crippen LogP contribution is 2.26. The molecule has 2 heterocycles. The maximum Gasteiger partial charge on any atom is 0.338 e. The summed E-state index contributed by atoms with van der Waals surface area (Å²) < 4.78 is 11.1. The van der Waals surface area contributed by atoms with Gasteiger partial charge in [-0.25, -0.2) is 4.79 Å². The predicted molar refractivity (Wildman–Crippen MR) is 97.0 cm³/mol. The zero-order chi connectivity index (χ0) is 18.8. The van der Waals surface area contributed by atoms with Crippen molar-refractivity contribution in [3.8, 4) is 11.5 Å². The van der Waals surface area contributed by atoms with E-state index in [2.05, 4.69) is 15.5 Å². The normalized spacial score (nSPS) is 14.2. The SMILES string of the molecule is C[C@@H](OC(=O)c1ccc2c(c1)CCC(=O)N2)c1nnc(-c2ccccc2)o1. The average Bonchev–Trinajstić information content (AvgIpc) is 3.18. The lowest BCUT2D eigenvalue weighted by atomic mass is 10.0. The van der Waals surface area contributed by atoms with Gasteiger partial charge in [-0.2, -0.15) is 0 Å². The van der Waals surface area contributed by atoms with E-state index in [-0.39, 0.29) is 11.8 Å². The predicted octanol–water partition coefficient (Wildman–Crippen LogP) is 3.54. The molecule has 1 amide bonds. The molecule has 2 aromatic carbocycles. The molecule has 0 spiro atoms. The Kier molecular flexibility index (Phi) is 4.42. The smallest absolute Gasteiger partial charge is 0.338 e. The minimum Gasteiger partial charge on any atom is -0.449 e. The van der Waals surface area contributed by atoms with Gasteiger partial charge < -0.3 is 14.5 Å². The molecule has 1 aliphatic rings. The second-order valence-electron chi connectivity index (χ2n) is 6.28. The number of amides is 1.